The molecular formula is C25H26F2N6O4S. The predicted molar refractivity (Wildman–Crippen MR) is 134 cm³/mol. The quantitative estimate of drug-likeness (QED) is 0.332. The van der Waals surface area contributed by atoms with Gasteiger partial charge in [-0.25, -0.2) is 13.4 Å². The lowest BCUT2D eigenvalue weighted by Gasteiger charge is -2.42. The fourth-order valence-corrected chi connectivity index (χ4v) is 6.80. The van der Waals surface area contributed by atoms with Gasteiger partial charge in [-0.2, -0.15) is 8.78 Å². The number of benzene rings is 1. The molecule has 38 heavy (non-hydrogen) atoms. The van der Waals surface area contributed by atoms with Crippen LogP contribution in [0.5, 0.6) is 0 Å². The van der Waals surface area contributed by atoms with Crippen molar-refractivity contribution in [2.75, 3.05) is 30.6 Å². The maximum absolute atomic E-state index is 13.9. The number of fused-ring (bicyclic) bond motifs is 1. The normalized spacial score (nSPS) is 17.8. The first kappa shape index (κ1) is 24.9. The summed E-state index contributed by atoms with van der Waals surface area (Å²) in [5, 5.41) is 6.56. The van der Waals surface area contributed by atoms with Crippen molar-refractivity contribution >= 4 is 21.4 Å². The number of imidazole rings is 1. The monoisotopic (exact) mass is 544 g/mol. The Kier molecular flexibility index (Phi) is 6.58. The molecule has 10 nitrogen and oxygen atoms in total. The Hall–Kier alpha value is -3.42. The van der Waals surface area contributed by atoms with Crippen LogP contribution in [0.25, 0.3) is 17.1 Å². The topological polar surface area (TPSA) is 106 Å². The van der Waals surface area contributed by atoms with Gasteiger partial charge in [-0.1, -0.05) is 18.2 Å². The zero-order valence-electron chi connectivity index (χ0n) is 20.4. The van der Waals surface area contributed by atoms with Crippen LogP contribution in [0.1, 0.15) is 30.9 Å². The molecule has 0 amide bonds. The third-order valence-corrected chi connectivity index (χ3v) is 9.34. The van der Waals surface area contributed by atoms with Crippen LogP contribution < -0.4 is 4.31 Å². The molecule has 0 atom stereocenters. The SMILES string of the molecule is O=S(=O)(C1CCN(C2COC2)CC1)N(Cc1cn2ccc(-c3nnc(C(F)F)o3)cc2n1)c1ccccc1. The molecule has 2 aliphatic rings. The first-order valence-corrected chi connectivity index (χ1v) is 13.9. The fraction of sp³-hybridized carbons (Fsp3) is 0.400. The number of rotatable bonds is 8. The third kappa shape index (κ3) is 4.76. The van der Waals surface area contributed by atoms with E-state index in [9.17, 15) is 17.2 Å². The Balaban J connectivity index is 1.26. The second kappa shape index (κ2) is 10.0. The second-order valence-corrected chi connectivity index (χ2v) is 11.6. The number of hydrogen-bond acceptors (Lipinski definition) is 8. The van der Waals surface area contributed by atoms with Crippen molar-refractivity contribution in [1.29, 1.82) is 0 Å². The molecule has 0 radical (unpaired) electrons. The summed E-state index contributed by atoms with van der Waals surface area (Å²) in [6.07, 6.45) is 1.70. The van der Waals surface area contributed by atoms with Gasteiger partial charge in [0.1, 0.15) is 5.65 Å². The first-order valence-electron chi connectivity index (χ1n) is 12.4. The van der Waals surface area contributed by atoms with Gasteiger partial charge in [-0.15, -0.1) is 10.2 Å². The largest absolute Gasteiger partial charge is 0.415 e. The molecule has 3 aromatic heterocycles. The van der Waals surface area contributed by atoms with E-state index in [1.165, 1.54) is 4.31 Å². The molecule has 0 N–H and O–H groups in total. The summed E-state index contributed by atoms with van der Waals surface area (Å²) >= 11 is 0. The van der Waals surface area contributed by atoms with Crippen molar-refractivity contribution in [3.05, 3.63) is 66.4 Å². The van der Waals surface area contributed by atoms with Crippen LogP contribution in [0.4, 0.5) is 14.5 Å². The summed E-state index contributed by atoms with van der Waals surface area (Å²) in [5.41, 5.74) is 2.05. The number of halogens is 2. The summed E-state index contributed by atoms with van der Waals surface area (Å²) in [7, 11) is -3.69. The molecule has 6 rings (SSSR count). The van der Waals surface area contributed by atoms with Crippen LogP contribution in [0.2, 0.25) is 0 Å². The van der Waals surface area contributed by atoms with Crippen molar-refractivity contribution in [2.45, 2.75) is 37.1 Å². The van der Waals surface area contributed by atoms with Gasteiger partial charge in [-0.05, 0) is 50.2 Å². The lowest BCUT2D eigenvalue weighted by molar-refractivity contribution is -0.0695. The molecule has 2 aliphatic heterocycles. The molecule has 4 aromatic rings. The minimum absolute atomic E-state index is 0.0411. The maximum atomic E-state index is 13.9. The van der Waals surface area contributed by atoms with Crippen LogP contribution >= 0.6 is 0 Å². The van der Waals surface area contributed by atoms with Crippen molar-refractivity contribution in [2.24, 2.45) is 0 Å². The number of hydrogen-bond donors (Lipinski definition) is 0. The van der Waals surface area contributed by atoms with Crippen molar-refractivity contribution < 1.29 is 26.4 Å². The maximum Gasteiger partial charge on any atom is 0.314 e. The molecule has 0 aliphatic carbocycles. The van der Waals surface area contributed by atoms with Gasteiger partial charge in [0, 0.05) is 18.0 Å². The van der Waals surface area contributed by atoms with Gasteiger partial charge in [0.25, 0.3) is 5.89 Å². The zero-order chi connectivity index (χ0) is 26.3. The Morgan fingerprint density at radius 3 is 2.50 bits per heavy atom. The number of nitrogens with zero attached hydrogens (tertiary/aromatic N) is 6. The van der Waals surface area contributed by atoms with Gasteiger partial charge in [0.05, 0.1) is 42.4 Å². The van der Waals surface area contributed by atoms with E-state index in [2.05, 4.69) is 20.1 Å². The van der Waals surface area contributed by atoms with Crippen LogP contribution in [-0.4, -0.2) is 70.5 Å². The van der Waals surface area contributed by atoms with Crippen molar-refractivity contribution in [3.63, 3.8) is 0 Å². The molecule has 1 aromatic carbocycles. The first-order chi connectivity index (χ1) is 18.4. The van der Waals surface area contributed by atoms with E-state index < -0.39 is 27.6 Å². The Bertz CT molecular complexity index is 1520. The Labute approximate surface area is 217 Å². The molecule has 5 heterocycles. The third-order valence-electron chi connectivity index (χ3n) is 7.08. The molecule has 0 bridgehead atoms. The van der Waals surface area contributed by atoms with E-state index in [1.54, 1.807) is 41.1 Å². The average molecular weight is 545 g/mol. The smallest absolute Gasteiger partial charge is 0.314 e. The van der Waals surface area contributed by atoms with Gasteiger partial charge in [0.15, 0.2) is 0 Å². The molecule has 13 heteroatoms. The highest BCUT2D eigenvalue weighted by Crippen LogP contribution is 2.30. The number of alkyl halides is 2. The van der Waals surface area contributed by atoms with Crippen LogP contribution in [-0.2, 0) is 21.3 Å². The summed E-state index contributed by atoms with van der Waals surface area (Å²) in [5.74, 6) is -0.792. The number of para-hydroxylation sites is 1. The van der Waals surface area contributed by atoms with Gasteiger partial charge < -0.3 is 13.6 Å². The number of likely N-dealkylation sites (tertiary alicyclic amines) is 1. The highest BCUT2D eigenvalue weighted by atomic mass is 32.2. The number of ether oxygens (including phenoxy) is 1. The summed E-state index contributed by atoms with van der Waals surface area (Å²) in [6.45, 7) is 2.92. The van der Waals surface area contributed by atoms with Gasteiger partial charge in [-0.3, -0.25) is 9.21 Å². The highest BCUT2D eigenvalue weighted by Gasteiger charge is 2.38. The number of aromatic nitrogens is 4. The summed E-state index contributed by atoms with van der Waals surface area (Å²) in [4.78, 5) is 6.93. The fourth-order valence-electron chi connectivity index (χ4n) is 4.91. The molecule has 0 unspecified atom stereocenters. The molecule has 2 fully saturated rings. The van der Waals surface area contributed by atoms with Crippen molar-refractivity contribution in [3.8, 4) is 11.5 Å². The van der Waals surface area contributed by atoms with Crippen LogP contribution in [0.15, 0.2) is 59.3 Å². The second-order valence-electron chi connectivity index (χ2n) is 9.47. The minimum Gasteiger partial charge on any atom is -0.415 e. The van der Waals surface area contributed by atoms with E-state index in [0.717, 1.165) is 13.1 Å². The lowest BCUT2D eigenvalue weighted by atomic mass is 10.1. The van der Waals surface area contributed by atoms with E-state index in [0.29, 0.717) is 54.7 Å². The standard InChI is InChI=1S/C25H26F2N6O4S/c26-23(27)25-30-29-24(37-25)17-6-9-32-13-18(28-22(32)12-17)14-33(19-4-2-1-3-5-19)38(34,35)21-7-10-31(11-8-21)20-15-36-16-20/h1-6,9,12-13,20-21,23H,7-8,10-11,14-16H2. The highest BCUT2D eigenvalue weighted by molar-refractivity contribution is 7.93. The minimum atomic E-state index is -3.69. The zero-order valence-corrected chi connectivity index (χ0v) is 21.2. The molecule has 2 saturated heterocycles. The number of sulfonamides is 1. The van der Waals surface area contributed by atoms with Crippen molar-refractivity contribution in [1.82, 2.24) is 24.5 Å². The van der Waals surface area contributed by atoms with Crippen LogP contribution in [0, 0.1) is 0 Å². The van der Waals surface area contributed by atoms with E-state index in [-0.39, 0.29) is 12.4 Å². The van der Waals surface area contributed by atoms with E-state index in [4.69, 9.17) is 9.15 Å². The molecule has 0 spiro atoms. The number of anilines is 1. The molecular weight excluding hydrogens is 518 g/mol. The Morgan fingerprint density at radius 2 is 1.84 bits per heavy atom. The lowest BCUT2D eigenvalue weighted by Crippen LogP contribution is -2.54. The van der Waals surface area contributed by atoms with Gasteiger partial charge in [0.2, 0.25) is 15.9 Å². The average Bonchev–Trinajstić information content (AvgIpc) is 3.54. The summed E-state index contributed by atoms with van der Waals surface area (Å²) in [6, 6.07) is 12.7. The summed E-state index contributed by atoms with van der Waals surface area (Å²) < 4.78 is 67.0. The van der Waals surface area contributed by atoms with E-state index >= 15 is 0 Å². The van der Waals surface area contributed by atoms with Gasteiger partial charge >= 0.3 is 6.43 Å². The number of piperidine rings is 1. The Morgan fingerprint density at radius 1 is 1.08 bits per heavy atom. The van der Waals surface area contributed by atoms with Crippen LogP contribution in [0.3, 0.4) is 0 Å². The van der Waals surface area contributed by atoms with E-state index in [1.807, 2.05) is 18.2 Å². The molecule has 0 saturated carbocycles. The molecule has 200 valence electrons. The number of pyridine rings is 1. The predicted octanol–water partition coefficient (Wildman–Crippen LogP) is 3.52.